The van der Waals surface area contributed by atoms with Crippen molar-refractivity contribution in [3.63, 3.8) is 0 Å². The summed E-state index contributed by atoms with van der Waals surface area (Å²) in [6.07, 6.45) is 1.14. The summed E-state index contributed by atoms with van der Waals surface area (Å²) in [6, 6.07) is 9.77. The van der Waals surface area contributed by atoms with Gasteiger partial charge in [0.05, 0.1) is 0 Å². The van der Waals surface area contributed by atoms with Crippen LogP contribution in [0.15, 0.2) is 30.3 Å². The van der Waals surface area contributed by atoms with Crippen LogP contribution in [0.4, 0.5) is 4.79 Å². The third-order valence-corrected chi connectivity index (χ3v) is 4.89. The van der Waals surface area contributed by atoms with Crippen LogP contribution in [0.5, 0.6) is 0 Å². The molecule has 1 aliphatic rings. The number of carbonyl (C=O) groups is 2. The lowest BCUT2D eigenvalue weighted by atomic mass is 9.79. The van der Waals surface area contributed by atoms with Crippen molar-refractivity contribution in [3.05, 3.63) is 35.9 Å². The van der Waals surface area contributed by atoms with Gasteiger partial charge in [-0.1, -0.05) is 44.2 Å². The molecule has 0 bridgehead atoms. The van der Waals surface area contributed by atoms with E-state index in [4.69, 9.17) is 5.73 Å². The number of nitrogens with two attached hydrogens (primary N) is 1. The SMILES string of the molecule is CN(Cc1ccccc1)C(=O)NCCC(=O)N1CCC(N)C(C)(C)C1. The molecule has 0 aromatic heterocycles. The number of carbonyl (C=O) groups excluding carboxylic acids is 2. The van der Waals surface area contributed by atoms with Gasteiger partial charge >= 0.3 is 6.03 Å². The Hall–Kier alpha value is -2.08. The monoisotopic (exact) mass is 346 g/mol. The van der Waals surface area contributed by atoms with Gasteiger partial charge in [0, 0.05) is 45.7 Å². The number of hydrogen-bond acceptors (Lipinski definition) is 3. The Balaban J connectivity index is 1.72. The normalized spacial score (nSPS) is 19.4. The number of piperidine rings is 1. The molecule has 0 aliphatic carbocycles. The van der Waals surface area contributed by atoms with Gasteiger partial charge in [0.1, 0.15) is 0 Å². The van der Waals surface area contributed by atoms with Crippen molar-refractivity contribution in [2.75, 3.05) is 26.7 Å². The molecule has 2 rings (SSSR count). The van der Waals surface area contributed by atoms with Gasteiger partial charge < -0.3 is 20.9 Å². The summed E-state index contributed by atoms with van der Waals surface area (Å²) in [5.41, 5.74) is 7.12. The second-order valence-electron chi connectivity index (χ2n) is 7.52. The molecule has 1 aromatic rings. The quantitative estimate of drug-likeness (QED) is 0.853. The molecule has 0 saturated carbocycles. The molecule has 1 unspecified atom stereocenters. The van der Waals surface area contributed by atoms with Crippen molar-refractivity contribution in [3.8, 4) is 0 Å². The molecule has 6 nitrogen and oxygen atoms in total. The average molecular weight is 346 g/mol. The maximum Gasteiger partial charge on any atom is 0.317 e. The topological polar surface area (TPSA) is 78.7 Å². The van der Waals surface area contributed by atoms with Gasteiger partial charge in [0.15, 0.2) is 0 Å². The van der Waals surface area contributed by atoms with Gasteiger partial charge in [-0.15, -0.1) is 0 Å². The number of urea groups is 1. The van der Waals surface area contributed by atoms with E-state index in [2.05, 4.69) is 19.2 Å². The molecule has 1 aliphatic heterocycles. The lowest BCUT2D eigenvalue weighted by Gasteiger charge is -2.42. The third-order valence-electron chi connectivity index (χ3n) is 4.89. The summed E-state index contributed by atoms with van der Waals surface area (Å²) in [5, 5.41) is 2.82. The Morgan fingerprint density at radius 1 is 1.32 bits per heavy atom. The highest BCUT2D eigenvalue weighted by Crippen LogP contribution is 2.27. The van der Waals surface area contributed by atoms with E-state index in [1.54, 1.807) is 11.9 Å². The van der Waals surface area contributed by atoms with E-state index in [-0.39, 0.29) is 23.4 Å². The van der Waals surface area contributed by atoms with Crippen LogP contribution in [0.3, 0.4) is 0 Å². The lowest BCUT2D eigenvalue weighted by Crippen LogP contribution is -2.54. The third kappa shape index (κ3) is 5.46. The van der Waals surface area contributed by atoms with Crippen LogP contribution in [0.25, 0.3) is 0 Å². The van der Waals surface area contributed by atoms with Crippen LogP contribution in [0.1, 0.15) is 32.3 Å². The fraction of sp³-hybridized carbons (Fsp3) is 0.579. The Morgan fingerprint density at radius 3 is 2.64 bits per heavy atom. The van der Waals surface area contributed by atoms with Crippen molar-refractivity contribution >= 4 is 11.9 Å². The molecular weight excluding hydrogens is 316 g/mol. The zero-order valence-electron chi connectivity index (χ0n) is 15.5. The van der Waals surface area contributed by atoms with E-state index in [0.29, 0.717) is 32.6 Å². The van der Waals surface area contributed by atoms with Crippen molar-refractivity contribution in [1.82, 2.24) is 15.1 Å². The Morgan fingerprint density at radius 2 is 2.00 bits per heavy atom. The molecule has 0 radical (unpaired) electrons. The van der Waals surface area contributed by atoms with Gasteiger partial charge in [-0.3, -0.25) is 4.79 Å². The van der Waals surface area contributed by atoms with E-state index in [1.807, 2.05) is 35.2 Å². The van der Waals surface area contributed by atoms with Crippen LogP contribution < -0.4 is 11.1 Å². The van der Waals surface area contributed by atoms with Crippen LogP contribution >= 0.6 is 0 Å². The number of rotatable bonds is 5. The zero-order valence-corrected chi connectivity index (χ0v) is 15.5. The highest BCUT2D eigenvalue weighted by Gasteiger charge is 2.35. The summed E-state index contributed by atoms with van der Waals surface area (Å²) < 4.78 is 0. The molecule has 3 amide bonds. The number of amides is 3. The maximum atomic E-state index is 12.4. The molecule has 3 N–H and O–H groups in total. The summed E-state index contributed by atoms with van der Waals surface area (Å²) >= 11 is 0. The number of benzene rings is 1. The molecule has 1 aromatic carbocycles. The number of nitrogens with one attached hydrogen (secondary N) is 1. The molecule has 25 heavy (non-hydrogen) atoms. The summed E-state index contributed by atoms with van der Waals surface area (Å²) in [5.74, 6) is 0.0750. The number of hydrogen-bond donors (Lipinski definition) is 2. The average Bonchev–Trinajstić information content (AvgIpc) is 2.57. The Kier molecular flexibility index (Phi) is 6.42. The van der Waals surface area contributed by atoms with Gasteiger partial charge in [0.25, 0.3) is 0 Å². The van der Waals surface area contributed by atoms with E-state index in [1.165, 1.54) is 0 Å². The second-order valence-corrected chi connectivity index (χ2v) is 7.52. The van der Waals surface area contributed by atoms with Crippen molar-refractivity contribution < 1.29 is 9.59 Å². The summed E-state index contributed by atoms with van der Waals surface area (Å²) in [7, 11) is 1.75. The second kappa shape index (κ2) is 8.34. The van der Waals surface area contributed by atoms with Gasteiger partial charge in [-0.05, 0) is 17.4 Å². The van der Waals surface area contributed by atoms with Gasteiger partial charge in [-0.25, -0.2) is 4.79 Å². The van der Waals surface area contributed by atoms with E-state index < -0.39 is 0 Å². The van der Waals surface area contributed by atoms with Crippen molar-refractivity contribution in [2.45, 2.75) is 39.3 Å². The minimum absolute atomic E-state index is 0.0624. The molecule has 1 saturated heterocycles. The predicted molar refractivity (Wildman–Crippen MR) is 98.9 cm³/mol. The maximum absolute atomic E-state index is 12.4. The summed E-state index contributed by atoms with van der Waals surface area (Å²) in [4.78, 5) is 28.0. The first-order chi connectivity index (χ1) is 11.8. The molecule has 138 valence electrons. The van der Waals surface area contributed by atoms with Crippen molar-refractivity contribution in [2.24, 2.45) is 11.1 Å². The number of nitrogens with zero attached hydrogens (tertiary/aromatic N) is 2. The molecule has 1 heterocycles. The molecule has 1 fully saturated rings. The fourth-order valence-electron chi connectivity index (χ4n) is 3.09. The summed E-state index contributed by atoms with van der Waals surface area (Å²) in [6.45, 7) is 6.45. The first-order valence-corrected chi connectivity index (χ1v) is 8.86. The highest BCUT2D eigenvalue weighted by atomic mass is 16.2. The molecule has 6 heteroatoms. The first kappa shape index (κ1) is 19.2. The van der Waals surface area contributed by atoms with E-state index in [9.17, 15) is 9.59 Å². The molecule has 1 atom stereocenters. The van der Waals surface area contributed by atoms with Gasteiger partial charge in [-0.2, -0.15) is 0 Å². The van der Waals surface area contributed by atoms with Crippen LogP contribution in [0.2, 0.25) is 0 Å². The van der Waals surface area contributed by atoms with Crippen LogP contribution in [-0.4, -0.2) is 54.5 Å². The van der Waals surface area contributed by atoms with E-state index >= 15 is 0 Å². The minimum Gasteiger partial charge on any atom is -0.342 e. The smallest absolute Gasteiger partial charge is 0.317 e. The molecular formula is C19H30N4O2. The lowest BCUT2D eigenvalue weighted by molar-refractivity contribution is -0.134. The minimum atomic E-state index is -0.169. The highest BCUT2D eigenvalue weighted by molar-refractivity contribution is 5.78. The number of likely N-dealkylation sites (tertiary alicyclic amines) is 1. The Labute approximate surface area is 150 Å². The standard InChI is InChI=1S/C19H30N4O2/c1-19(2)14-23(12-10-16(19)20)17(24)9-11-21-18(25)22(3)13-15-7-5-4-6-8-15/h4-8,16H,9-14,20H2,1-3H3,(H,21,25). The zero-order chi connectivity index (χ0) is 18.4. The van der Waals surface area contributed by atoms with Crippen LogP contribution in [-0.2, 0) is 11.3 Å². The first-order valence-electron chi connectivity index (χ1n) is 8.86. The Bertz CT molecular complexity index is 588. The predicted octanol–water partition coefficient (Wildman–Crippen LogP) is 1.80. The van der Waals surface area contributed by atoms with Crippen LogP contribution in [0, 0.1) is 5.41 Å². The molecule has 0 spiro atoms. The van der Waals surface area contributed by atoms with E-state index in [0.717, 1.165) is 12.0 Å². The largest absolute Gasteiger partial charge is 0.342 e. The van der Waals surface area contributed by atoms with Crippen molar-refractivity contribution in [1.29, 1.82) is 0 Å². The van der Waals surface area contributed by atoms with Gasteiger partial charge in [0.2, 0.25) is 5.91 Å². The fourth-order valence-corrected chi connectivity index (χ4v) is 3.09.